The number of carbonyl (C=O) groups excluding carboxylic acids is 2. The largest absolute Gasteiger partial charge is 0.355 e. The Kier molecular flexibility index (Phi) is 5.75. The van der Waals surface area contributed by atoms with Crippen molar-refractivity contribution in [1.82, 2.24) is 5.32 Å². The summed E-state index contributed by atoms with van der Waals surface area (Å²) in [4.78, 5) is 23.9. The first-order valence-electron chi connectivity index (χ1n) is 7.06. The summed E-state index contributed by atoms with van der Waals surface area (Å²) >= 11 is 7.25. The van der Waals surface area contributed by atoms with E-state index in [0.29, 0.717) is 22.9 Å². The molecule has 1 unspecified atom stereocenters. The van der Waals surface area contributed by atoms with Crippen molar-refractivity contribution in [3.8, 4) is 0 Å². The summed E-state index contributed by atoms with van der Waals surface area (Å²) in [7, 11) is 0. The Morgan fingerprint density at radius 2 is 1.95 bits per heavy atom. The molecule has 0 aliphatic heterocycles. The van der Waals surface area contributed by atoms with Crippen LogP contribution in [-0.2, 0) is 11.2 Å². The number of carbonyl (C=O) groups is 2. The first-order chi connectivity index (χ1) is 10.5. The van der Waals surface area contributed by atoms with Gasteiger partial charge in [0.2, 0.25) is 5.91 Å². The van der Waals surface area contributed by atoms with Gasteiger partial charge in [-0.15, -0.1) is 11.3 Å². The third kappa shape index (κ3) is 4.68. The van der Waals surface area contributed by atoms with Crippen LogP contribution in [0.4, 0.5) is 0 Å². The highest BCUT2D eigenvalue weighted by atomic mass is 35.5. The average molecular weight is 336 g/mol. The molecule has 2 rings (SSSR count). The molecule has 1 aromatic heterocycles. The van der Waals surface area contributed by atoms with Gasteiger partial charge in [0.1, 0.15) is 0 Å². The molecule has 5 heteroatoms. The van der Waals surface area contributed by atoms with E-state index >= 15 is 0 Å². The molecule has 22 heavy (non-hydrogen) atoms. The van der Waals surface area contributed by atoms with Gasteiger partial charge in [-0.1, -0.05) is 30.7 Å². The molecule has 1 heterocycles. The van der Waals surface area contributed by atoms with Crippen molar-refractivity contribution in [1.29, 1.82) is 0 Å². The quantitative estimate of drug-likeness (QED) is 0.809. The van der Waals surface area contributed by atoms with Crippen molar-refractivity contribution < 1.29 is 9.59 Å². The smallest absolute Gasteiger partial charge is 0.224 e. The Morgan fingerprint density at radius 3 is 2.55 bits per heavy atom. The van der Waals surface area contributed by atoms with Gasteiger partial charge in [-0.05, 0) is 47.5 Å². The van der Waals surface area contributed by atoms with Gasteiger partial charge in [0, 0.05) is 11.6 Å². The highest BCUT2D eigenvalue weighted by Crippen LogP contribution is 2.18. The second-order valence-corrected chi connectivity index (χ2v) is 6.66. The maximum absolute atomic E-state index is 12.0. The number of hydrogen-bond acceptors (Lipinski definition) is 3. The zero-order valence-electron chi connectivity index (χ0n) is 12.6. The number of hydrogen-bond donors (Lipinski definition) is 1. The van der Waals surface area contributed by atoms with E-state index in [0.717, 1.165) is 11.1 Å². The first-order valence-corrected chi connectivity index (χ1v) is 8.32. The van der Waals surface area contributed by atoms with Crippen LogP contribution in [0.5, 0.6) is 0 Å². The summed E-state index contributed by atoms with van der Waals surface area (Å²) in [5, 5.41) is 5.50. The molecule has 0 spiro atoms. The topological polar surface area (TPSA) is 46.2 Å². The van der Waals surface area contributed by atoms with Gasteiger partial charge >= 0.3 is 0 Å². The molecule has 1 aromatic carbocycles. The van der Waals surface area contributed by atoms with Crippen molar-refractivity contribution in [2.45, 2.75) is 26.2 Å². The fourth-order valence-electron chi connectivity index (χ4n) is 2.08. The van der Waals surface area contributed by atoms with E-state index in [1.54, 1.807) is 6.07 Å². The molecule has 2 aromatic rings. The Labute approximate surface area is 139 Å². The van der Waals surface area contributed by atoms with Crippen molar-refractivity contribution in [3.63, 3.8) is 0 Å². The lowest BCUT2D eigenvalue weighted by Crippen LogP contribution is -2.28. The third-order valence-electron chi connectivity index (χ3n) is 3.41. The monoisotopic (exact) mass is 335 g/mol. The molecular weight excluding hydrogens is 318 g/mol. The number of amides is 1. The first kappa shape index (κ1) is 16.7. The zero-order chi connectivity index (χ0) is 16.1. The van der Waals surface area contributed by atoms with Gasteiger partial charge in [-0.25, -0.2) is 0 Å². The van der Waals surface area contributed by atoms with E-state index in [1.165, 1.54) is 18.3 Å². The Balaban J connectivity index is 1.84. The number of halogens is 1. The maximum Gasteiger partial charge on any atom is 0.224 e. The van der Waals surface area contributed by atoms with Gasteiger partial charge in [-0.3, -0.25) is 9.59 Å². The predicted molar refractivity (Wildman–Crippen MR) is 90.9 cm³/mol. The molecule has 0 aliphatic carbocycles. The molecule has 3 nitrogen and oxygen atoms in total. The molecule has 1 atom stereocenters. The summed E-state index contributed by atoms with van der Waals surface area (Å²) in [5.74, 6) is 0.221. The van der Waals surface area contributed by atoms with Gasteiger partial charge in [0.05, 0.1) is 11.3 Å². The van der Waals surface area contributed by atoms with Gasteiger partial charge < -0.3 is 5.32 Å². The molecule has 0 radical (unpaired) electrons. The number of Topliss-reactive ketones (excluding diaryl/α,β-unsaturated/α-hetero) is 1. The molecule has 0 saturated carbocycles. The minimum Gasteiger partial charge on any atom is -0.355 e. The van der Waals surface area contributed by atoms with Crippen molar-refractivity contribution in [2.24, 2.45) is 0 Å². The van der Waals surface area contributed by atoms with Gasteiger partial charge in [0.25, 0.3) is 0 Å². The molecule has 116 valence electrons. The minimum absolute atomic E-state index is 0.0336. The third-order valence-corrected chi connectivity index (χ3v) is 4.74. The van der Waals surface area contributed by atoms with Crippen molar-refractivity contribution in [3.05, 3.63) is 56.7 Å². The number of benzene rings is 1. The van der Waals surface area contributed by atoms with E-state index in [-0.39, 0.29) is 17.6 Å². The van der Waals surface area contributed by atoms with Gasteiger partial charge in [-0.2, -0.15) is 0 Å². The van der Waals surface area contributed by atoms with Crippen LogP contribution in [0, 0.1) is 0 Å². The highest BCUT2D eigenvalue weighted by Gasteiger charge is 2.10. The average Bonchev–Trinajstić information content (AvgIpc) is 2.94. The summed E-state index contributed by atoms with van der Waals surface area (Å²) in [6, 6.07) is 9.43. The minimum atomic E-state index is -0.0336. The lowest BCUT2D eigenvalue weighted by molar-refractivity contribution is -0.120. The van der Waals surface area contributed by atoms with E-state index in [2.05, 4.69) is 12.2 Å². The second kappa shape index (κ2) is 7.56. The van der Waals surface area contributed by atoms with E-state index in [4.69, 9.17) is 11.6 Å². The van der Waals surface area contributed by atoms with Crippen LogP contribution in [0.3, 0.4) is 0 Å². The fourth-order valence-corrected chi connectivity index (χ4v) is 3.02. The molecule has 0 fully saturated rings. The van der Waals surface area contributed by atoms with Crippen LogP contribution in [0.25, 0.3) is 0 Å². The van der Waals surface area contributed by atoms with E-state index in [9.17, 15) is 9.59 Å². The predicted octanol–water partition coefficient (Wildman–Crippen LogP) is 4.07. The van der Waals surface area contributed by atoms with Crippen LogP contribution >= 0.6 is 22.9 Å². The SMILES string of the molecule is CC(=O)c1cc(CC(=O)NCC(C)c2ccc(Cl)cc2)cs1. The normalized spacial score (nSPS) is 12.0. The fraction of sp³-hybridized carbons (Fsp3) is 0.294. The lowest BCUT2D eigenvalue weighted by atomic mass is 10.0. The molecule has 1 N–H and O–H groups in total. The van der Waals surface area contributed by atoms with Gasteiger partial charge in [0.15, 0.2) is 5.78 Å². The molecule has 1 amide bonds. The number of rotatable bonds is 6. The number of ketones is 1. The molecule has 0 bridgehead atoms. The maximum atomic E-state index is 12.0. The lowest BCUT2D eigenvalue weighted by Gasteiger charge is -2.13. The van der Waals surface area contributed by atoms with Crippen LogP contribution in [0.2, 0.25) is 5.02 Å². The summed E-state index contributed by atoms with van der Waals surface area (Å²) in [5.41, 5.74) is 2.02. The Hall–Kier alpha value is -1.65. The molecule has 0 saturated heterocycles. The standard InChI is InChI=1S/C17H18ClNO2S/c1-11(14-3-5-15(18)6-4-14)9-19-17(21)8-13-7-16(12(2)20)22-10-13/h3-7,10-11H,8-9H2,1-2H3,(H,19,21). The Morgan fingerprint density at radius 1 is 1.27 bits per heavy atom. The van der Waals surface area contributed by atoms with E-state index < -0.39 is 0 Å². The number of nitrogens with one attached hydrogen (secondary N) is 1. The van der Waals surface area contributed by atoms with Crippen LogP contribution < -0.4 is 5.32 Å². The van der Waals surface area contributed by atoms with Crippen molar-refractivity contribution in [2.75, 3.05) is 6.54 Å². The highest BCUT2D eigenvalue weighted by molar-refractivity contribution is 7.12. The zero-order valence-corrected chi connectivity index (χ0v) is 14.1. The summed E-state index contributed by atoms with van der Waals surface area (Å²) in [6.07, 6.45) is 0.303. The van der Waals surface area contributed by atoms with Crippen LogP contribution in [0.15, 0.2) is 35.7 Å². The van der Waals surface area contributed by atoms with Crippen LogP contribution in [0.1, 0.15) is 40.6 Å². The second-order valence-electron chi connectivity index (χ2n) is 5.31. The number of thiophene rings is 1. The Bertz CT molecular complexity index is 664. The van der Waals surface area contributed by atoms with Crippen LogP contribution in [-0.4, -0.2) is 18.2 Å². The van der Waals surface area contributed by atoms with E-state index in [1.807, 2.05) is 29.6 Å². The van der Waals surface area contributed by atoms with Crippen molar-refractivity contribution >= 4 is 34.6 Å². The summed E-state index contributed by atoms with van der Waals surface area (Å²) in [6.45, 7) is 4.16. The molecule has 0 aliphatic rings. The molecular formula is C17H18ClNO2S. The summed E-state index contributed by atoms with van der Waals surface area (Å²) < 4.78 is 0.